The molecular weight excluding hydrogens is 362 g/mol. The fourth-order valence-corrected chi connectivity index (χ4v) is 3.86. The fourth-order valence-electron chi connectivity index (χ4n) is 2.87. The maximum absolute atomic E-state index is 6.53. The van der Waals surface area contributed by atoms with E-state index in [1.807, 2.05) is 18.2 Å². The maximum Gasteiger partial charge on any atom is 0.242 e. The van der Waals surface area contributed by atoms with E-state index in [1.54, 1.807) is 4.80 Å². The third-order valence-electron chi connectivity index (χ3n) is 3.99. The molecule has 4 nitrogen and oxygen atoms in total. The number of hydrogen-bond acceptors (Lipinski definition) is 3. The summed E-state index contributed by atoms with van der Waals surface area (Å²) in [6.45, 7) is 15.3. The molecule has 0 saturated carbocycles. The molecule has 0 bridgehead atoms. The van der Waals surface area contributed by atoms with Crippen molar-refractivity contribution in [2.75, 3.05) is 0 Å². The van der Waals surface area contributed by atoms with Crippen molar-refractivity contribution in [2.45, 2.75) is 52.8 Å². The van der Waals surface area contributed by atoms with E-state index in [1.165, 1.54) is 5.56 Å². The van der Waals surface area contributed by atoms with E-state index in [0.29, 0.717) is 5.02 Å². The van der Waals surface area contributed by atoms with Crippen molar-refractivity contribution in [3.05, 3.63) is 46.5 Å². The second kappa shape index (κ2) is 6.39. The molecule has 0 amide bonds. The monoisotopic (exact) mass is 387 g/mol. The van der Waals surface area contributed by atoms with Crippen molar-refractivity contribution in [3.8, 4) is 11.4 Å². The first kappa shape index (κ1) is 18.9. The zero-order valence-corrected chi connectivity index (χ0v) is 18.3. The molecule has 0 spiro atoms. The van der Waals surface area contributed by atoms with Gasteiger partial charge in [0.2, 0.25) is 8.32 Å². The van der Waals surface area contributed by atoms with Gasteiger partial charge in [-0.3, -0.25) is 0 Å². The van der Waals surface area contributed by atoms with Crippen molar-refractivity contribution in [2.24, 2.45) is 0 Å². The van der Waals surface area contributed by atoms with Crippen LogP contribution in [0.25, 0.3) is 16.7 Å². The van der Waals surface area contributed by atoms with Crippen LogP contribution in [0, 0.1) is 6.92 Å². The van der Waals surface area contributed by atoms with Gasteiger partial charge in [-0.05, 0) is 61.8 Å². The number of benzene rings is 2. The van der Waals surface area contributed by atoms with Crippen molar-refractivity contribution in [1.29, 1.82) is 0 Å². The summed E-state index contributed by atoms with van der Waals surface area (Å²) in [5.74, 6) is 0.883. The first-order valence-corrected chi connectivity index (χ1v) is 12.6. The highest BCUT2D eigenvalue weighted by atomic mass is 35.5. The van der Waals surface area contributed by atoms with E-state index in [2.05, 4.69) is 69.7 Å². The molecular formula is C20H26ClN3OSi. The summed E-state index contributed by atoms with van der Waals surface area (Å²) in [7, 11) is -1.83. The van der Waals surface area contributed by atoms with Gasteiger partial charge >= 0.3 is 0 Å². The quantitative estimate of drug-likeness (QED) is 0.525. The van der Waals surface area contributed by atoms with E-state index in [4.69, 9.17) is 16.0 Å². The Bertz CT molecular complexity index is 968. The molecule has 2 aromatic carbocycles. The Morgan fingerprint density at radius 3 is 2.27 bits per heavy atom. The summed E-state index contributed by atoms with van der Waals surface area (Å²) in [5, 5.41) is 9.97. The molecule has 1 heterocycles. The number of halogens is 1. The van der Waals surface area contributed by atoms with Gasteiger partial charge in [0.1, 0.15) is 22.5 Å². The summed E-state index contributed by atoms with van der Waals surface area (Å²) in [4.78, 5) is 1.68. The molecule has 0 fully saturated rings. The van der Waals surface area contributed by atoms with E-state index >= 15 is 0 Å². The molecule has 26 heavy (non-hydrogen) atoms. The normalized spacial score (nSPS) is 12.6. The van der Waals surface area contributed by atoms with Gasteiger partial charge in [-0.2, -0.15) is 0 Å². The Balaban J connectivity index is 2.28. The standard InChI is InChI=1S/C20H26ClN3OSi/c1-13-10-15(20(2,3)4)19(25-26(5,6)7)18(11-13)24-22-16-9-8-14(21)12-17(16)23-24/h8-12H,1-7H3. The molecule has 0 aliphatic carbocycles. The van der Waals surface area contributed by atoms with E-state index in [9.17, 15) is 0 Å². The van der Waals surface area contributed by atoms with Crippen molar-refractivity contribution < 1.29 is 4.43 Å². The van der Waals surface area contributed by atoms with Gasteiger partial charge in [-0.1, -0.05) is 38.4 Å². The van der Waals surface area contributed by atoms with Crippen LogP contribution in [-0.2, 0) is 5.41 Å². The van der Waals surface area contributed by atoms with Gasteiger partial charge in [-0.25, -0.2) is 0 Å². The maximum atomic E-state index is 6.53. The fraction of sp³-hybridized carbons (Fsp3) is 0.400. The third kappa shape index (κ3) is 3.94. The smallest absolute Gasteiger partial charge is 0.242 e. The molecule has 0 N–H and O–H groups in total. The minimum atomic E-state index is -1.83. The molecule has 1 aromatic heterocycles. The SMILES string of the molecule is Cc1cc(-n2nc3ccc(Cl)cc3n2)c(O[Si](C)(C)C)c(C(C)(C)C)c1. The molecule has 0 unspecified atom stereocenters. The van der Waals surface area contributed by atoms with Crippen LogP contribution in [0.1, 0.15) is 31.9 Å². The molecule has 0 aliphatic heterocycles. The average Bonchev–Trinajstić information content (AvgIpc) is 2.89. The zero-order valence-electron chi connectivity index (χ0n) is 16.5. The topological polar surface area (TPSA) is 39.9 Å². The third-order valence-corrected chi connectivity index (χ3v) is 5.04. The minimum absolute atomic E-state index is 0.0500. The van der Waals surface area contributed by atoms with Crippen LogP contribution in [0.4, 0.5) is 0 Å². The highest BCUT2D eigenvalue weighted by Gasteiger charge is 2.28. The van der Waals surface area contributed by atoms with Crippen molar-refractivity contribution in [1.82, 2.24) is 15.0 Å². The van der Waals surface area contributed by atoms with Gasteiger partial charge in [0.15, 0.2) is 0 Å². The first-order valence-electron chi connectivity index (χ1n) is 8.81. The molecule has 0 aliphatic rings. The van der Waals surface area contributed by atoms with Crippen molar-refractivity contribution in [3.63, 3.8) is 0 Å². The molecule has 3 aromatic rings. The highest BCUT2D eigenvalue weighted by Crippen LogP contribution is 2.38. The van der Waals surface area contributed by atoms with E-state index < -0.39 is 8.32 Å². The van der Waals surface area contributed by atoms with Gasteiger partial charge in [-0.15, -0.1) is 15.0 Å². The zero-order chi connectivity index (χ0) is 19.3. The Morgan fingerprint density at radius 2 is 1.65 bits per heavy atom. The average molecular weight is 388 g/mol. The molecule has 3 rings (SSSR count). The second-order valence-corrected chi connectivity index (χ2v) is 13.6. The molecule has 0 atom stereocenters. The van der Waals surface area contributed by atoms with Crippen molar-refractivity contribution >= 4 is 31.0 Å². The van der Waals surface area contributed by atoms with Crippen LogP contribution in [0.3, 0.4) is 0 Å². The number of hydrogen-bond donors (Lipinski definition) is 0. The number of aromatic nitrogens is 3. The van der Waals surface area contributed by atoms with Gasteiger partial charge < -0.3 is 4.43 Å². The summed E-state index contributed by atoms with van der Waals surface area (Å²) in [6.07, 6.45) is 0. The van der Waals surface area contributed by atoms with Gasteiger partial charge in [0, 0.05) is 10.6 Å². The Morgan fingerprint density at radius 1 is 1.00 bits per heavy atom. The minimum Gasteiger partial charge on any atom is -0.543 e. The number of fused-ring (bicyclic) bond motifs is 1. The number of rotatable bonds is 3. The summed E-state index contributed by atoms with van der Waals surface area (Å²) in [6, 6.07) is 9.85. The summed E-state index contributed by atoms with van der Waals surface area (Å²) >= 11 is 6.11. The predicted molar refractivity (Wildman–Crippen MR) is 111 cm³/mol. The Labute approximate surface area is 161 Å². The highest BCUT2D eigenvalue weighted by molar-refractivity contribution is 6.70. The molecule has 6 heteroatoms. The Hall–Kier alpha value is -1.85. The lowest BCUT2D eigenvalue weighted by molar-refractivity contribution is 0.500. The number of nitrogens with zero attached hydrogens (tertiary/aromatic N) is 3. The van der Waals surface area contributed by atoms with E-state index in [-0.39, 0.29) is 5.41 Å². The Kier molecular flexibility index (Phi) is 4.65. The summed E-state index contributed by atoms with van der Waals surface area (Å²) < 4.78 is 6.53. The predicted octanol–water partition coefficient (Wildman–Crippen LogP) is 5.89. The molecule has 138 valence electrons. The van der Waals surface area contributed by atoms with Crippen LogP contribution >= 0.6 is 11.6 Å². The van der Waals surface area contributed by atoms with Crippen LogP contribution < -0.4 is 4.43 Å². The van der Waals surface area contributed by atoms with E-state index in [0.717, 1.165) is 28.0 Å². The lowest BCUT2D eigenvalue weighted by Gasteiger charge is -2.29. The lowest BCUT2D eigenvalue weighted by Crippen LogP contribution is -2.31. The van der Waals surface area contributed by atoms with Crippen LogP contribution in [0.5, 0.6) is 5.75 Å². The molecule has 0 radical (unpaired) electrons. The summed E-state index contributed by atoms with van der Waals surface area (Å²) in [5.41, 5.74) is 4.75. The number of aryl methyl sites for hydroxylation is 1. The lowest BCUT2D eigenvalue weighted by atomic mass is 9.85. The van der Waals surface area contributed by atoms with Gasteiger partial charge in [0.05, 0.1) is 0 Å². The second-order valence-electron chi connectivity index (χ2n) is 8.75. The first-order chi connectivity index (χ1) is 11.9. The van der Waals surface area contributed by atoms with Crippen LogP contribution in [-0.4, -0.2) is 23.3 Å². The van der Waals surface area contributed by atoms with Gasteiger partial charge in [0.25, 0.3) is 0 Å². The largest absolute Gasteiger partial charge is 0.543 e. The molecule has 0 saturated heterocycles. The van der Waals surface area contributed by atoms with Crippen LogP contribution in [0.15, 0.2) is 30.3 Å². The van der Waals surface area contributed by atoms with Crippen LogP contribution in [0.2, 0.25) is 24.7 Å².